The molecule has 192 valence electrons. The van der Waals surface area contributed by atoms with E-state index < -0.39 is 92.4 Å². The highest BCUT2D eigenvalue weighted by Gasteiger charge is 2.64. The monoisotopic (exact) mass is 508 g/mol. The number of hydrogen-bond acceptors (Lipinski definition) is 8. The first-order valence-corrected chi connectivity index (χ1v) is 10.9. The van der Waals surface area contributed by atoms with E-state index >= 15 is 0 Å². The molecule has 0 bridgehead atoms. The number of phenols is 1. The zero-order valence-corrected chi connectivity index (χ0v) is 19.4. The number of aromatic hydroxyl groups is 1. The van der Waals surface area contributed by atoms with Gasteiger partial charge >= 0.3 is 6.08 Å². The van der Waals surface area contributed by atoms with Crippen molar-refractivity contribution in [2.75, 3.05) is 14.1 Å². The standard InChI is InChI=1S/C24H23F3N2O7/c1-7-4-10(15(25)22(26)27)9-5-8-6-11-16(29(2)3)19(32)14(23(28)35)21(34)24(11,36)20(33)12(8)18(31)13(9)17(7)30/h4,8,11,16,30-31,34,36H,5-6H2,1-3H3,(H2,28,35)/t8-,11-,16-,24-/m0/s1. The highest BCUT2D eigenvalue weighted by atomic mass is 19.3. The lowest BCUT2D eigenvalue weighted by Gasteiger charge is -2.50. The van der Waals surface area contributed by atoms with E-state index in [2.05, 4.69) is 0 Å². The summed E-state index contributed by atoms with van der Waals surface area (Å²) in [7, 11) is 2.88. The number of nitrogens with zero attached hydrogens (tertiary/aromatic N) is 1. The molecular formula is C24H23F3N2O7. The molecule has 0 saturated heterocycles. The number of carbonyl (C=O) groups excluding carboxylic acids is 3. The Morgan fingerprint density at radius 1 is 1.17 bits per heavy atom. The van der Waals surface area contributed by atoms with Crippen LogP contribution < -0.4 is 5.73 Å². The van der Waals surface area contributed by atoms with Gasteiger partial charge in [0.25, 0.3) is 5.91 Å². The average molecular weight is 508 g/mol. The van der Waals surface area contributed by atoms with Crippen LogP contribution in [0, 0.1) is 18.8 Å². The van der Waals surface area contributed by atoms with Crippen LogP contribution in [-0.4, -0.2) is 68.5 Å². The van der Waals surface area contributed by atoms with Crippen molar-refractivity contribution in [2.24, 2.45) is 17.6 Å². The first kappa shape index (κ1) is 25.5. The number of rotatable bonds is 3. The summed E-state index contributed by atoms with van der Waals surface area (Å²) in [6.07, 6.45) is -3.17. The maximum atomic E-state index is 14.4. The van der Waals surface area contributed by atoms with Gasteiger partial charge in [-0.15, -0.1) is 0 Å². The number of nitrogens with two attached hydrogens (primary N) is 1. The van der Waals surface area contributed by atoms with Gasteiger partial charge in [-0.1, -0.05) is 0 Å². The van der Waals surface area contributed by atoms with Crippen LogP contribution >= 0.6 is 0 Å². The van der Waals surface area contributed by atoms with Gasteiger partial charge < -0.3 is 26.2 Å². The Morgan fingerprint density at radius 3 is 2.31 bits per heavy atom. The fourth-order valence-corrected chi connectivity index (χ4v) is 5.74. The minimum absolute atomic E-state index is 0.0692. The Hall–Kier alpha value is -3.64. The van der Waals surface area contributed by atoms with Gasteiger partial charge in [0, 0.05) is 17.1 Å². The van der Waals surface area contributed by atoms with Crippen molar-refractivity contribution in [3.05, 3.63) is 51.3 Å². The lowest BCUT2D eigenvalue weighted by Crippen LogP contribution is -2.65. The van der Waals surface area contributed by atoms with Crippen molar-refractivity contribution in [3.63, 3.8) is 0 Å². The van der Waals surface area contributed by atoms with Gasteiger partial charge in [-0.25, -0.2) is 4.39 Å². The molecule has 4 rings (SSSR count). The van der Waals surface area contributed by atoms with Gasteiger partial charge in [0.15, 0.2) is 17.2 Å². The molecule has 0 radical (unpaired) electrons. The first-order valence-electron chi connectivity index (χ1n) is 10.9. The van der Waals surface area contributed by atoms with Crippen LogP contribution in [0.25, 0.3) is 11.6 Å². The Bertz CT molecular complexity index is 1340. The van der Waals surface area contributed by atoms with E-state index in [1.807, 2.05) is 0 Å². The largest absolute Gasteiger partial charge is 0.508 e. The van der Waals surface area contributed by atoms with Gasteiger partial charge in [-0.3, -0.25) is 19.3 Å². The number of Topliss-reactive ketones (excluding diaryl/α,β-unsaturated/α-hetero) is 2. The zero-order chi connectivity index (χ0) is 27.0. The van der Waals surface area contributed by atoms with Crippen LogP contribution in [0.1, 0.15) is 28.7 Å². The molecule has 12 heteroatoms. The fraction of sp³-hybridized carbons (Fsp3) is 0.375. The number of likely N-dealkylation sites (N-methyl/N-ethyl adjacent to an activating group) is 1. The van der Waals surface area contributed by atoms with Crippen LogP contribution in [0.15, 0.2) is 29.1 Å². The number of ketones is 2. The molecule has 0 aromatic heterocycles. The number of halogens is 3. The third-order valence-corrected chi connectivity index (χ3v) is 7.31. The summed E-state index contributed by atoms with van der Waals surface area (Å²) in [4.78, 5) is 40.0. The number of primary amides is 1. The third-order valence-electron chi connectivity index (χ3n) is 7.31. The predicted molar refractivity (Wildman–Crippen MR) is 119 cm³/mol. The summed E-state index contributed by atoms with van der Waals surface area (Å²) in [5.41, 5.74) is -0.291. The molecule has 3 aliphatic carbocycles. The number of fused-ring (bicyclic) bond motifs is 3. The van der Waals surface area contributed by atoms with Crippen LogP contribution in [0.5, 0.6) is 5.75 Å². The Balaban J connectivity index is 2.03. The lowest BCUT2D eigenvalue weighted by atomic mass is 9.57. The molecule has 3 aliphatic rings. The number of aliphatic hydroxyl groups is 3. The van der Waals surface area contributed by atoms with Crippen LogP contribution in [0.4, 0.5) is 13.2 Å². The van der Waals surface area contributed by atoms with Crippen molar-refractivity contribution in [1.29, 1.82) is 0 Å². The summed E-state index contributed by atoms with van der Waals surface area (Å²) in [6.45, 7) is 1.28. The van der Waals surface area contributed by atoms with Crippen LogP contribution in [-0.2, 0) is 20.8 Å². The van der Waals surface area contributed by atoms with E-state index in [4.69, 9.17) is 5.73 Å². The van der Waals surface area contributed by atoms with E-state index in [1.165, 1.54) is 25.9 Å². The number of benzene rings is 1. The van der Waals surface area contributed by atoms with Crippen molar-refractivity contribution in [3.8, 4) is 5.75 Å². The zero-order valence-electron chi connectivity index (χ0n) is 19.4. The molecule has 0 unspecified atom stereocenters. The second-order valence-electron chi connectivity index (χ2n) is 9.48. The number of aliphatic hydroxyl groups excluding tert-OH is 2. The molecule has 9 nitrogen and oxygen atoms in total. The van der Waals surface area contributed by atoms with E-state index in [-0.39, 0.29) is 24.0 Å². The first-order chi connectivity index (χ1) is 16.7. The minimum Gasteiger partial charge on any atom is -0.508 e. The molecule has 6 N–H and O–H groups in total. The number of amides is 1. The number of aryl methyl sites for hydroxylation is 1. The van der Waals surface area contributed by atoms with Gasteiger partial charge in [0.2, 0.25) is 5.78 Å². The molecule has 0 heterocycles. The molecule has 36 heavy (non-hydrogen) atoms. The maximum absolute atomic E-state index is 14.4. The highest BCUT2D eigenvalue weighted by Crippen LogP contribution is 2.53. The molecular weight excluding hydrogens is 485 g/mol. The van der Waals surface area contributed by atoms with E-state index in [0.717, 1.165) is 6.07 Å². The normalized spacial score (nSPS) is 27.6. The molecule has 4 atom stereocenters. The molecule has 1 aromatic rings. The fourth-order valence-electron chi connectivity index (χ4n) is 5.74. The summed E-state index contributed by atoms with van der Waals surface area (Å²) in [5.74, 6) is -10.5. The number of hydrogen-bond donors (Lipinski definition) is 5. The van der Waals surface area contributed by atoms with E-state index in [0.29, 0.717) is 0 Å². The van der Waals surface area contributed by atoms with Gasteiger partial charge in [0.05, 0.1) is 11.6 Å². The summed E-state index contributed by atoms with van der Waals surface area (Å²) in [5, 5.41) is 43.9. The quantitative estimate of drug-likeness (QED) is 0.386. The molecule has 1 fully saturated rings. The molecule has 1 amide bonds. The highest BCUT2D eigenvalue weighted by molar-refractivity contribution is 6.24. The minimum atomic E-state index is -2.83. The Morgan fingerprint density at radius 2 is 1.78 bits per heavy atom. The molecule has 0 spiro atoms. The van der Waals surface area contributed by atoms with Crippen LogP contribution in [0.3, 0.4) is 0 Å². The van der Waals surface area contributed by atoms with E-state index in [9.17, 15) is 48.0 Å². The maximum Gasteiger partial charge on any atom is 0.306 e. The Labute approximate surface area is 202 Å². The summed E-state index contributed by atoms with van der Waals surface area (Å²) < 4.78 is 40.8. The smallest absolute Gasteiger partial charge is 0.306 e. The van der Waals surface area contributed by atoms with Crippen molar-refractivity contribution in [1.82, 2.24) is 4.90 Å². The predicted octanol–water partition coefficient (Wildman–Crippen LogP) is 1.81. The molecule has 0 aliphatic heterocycles. The van der Waals surface area contributed by atoms with Crippen molar-refractivity contribution in [2.45, 2.75) is 31.4 Å². The molecule has 1 aromatic carbocycles. The topological polar surface area (TPSA) is 161 Å². The van der Waals surface area contributed by atoms with E-state index in [1.54, 1.807) is 0 Å². The van der Waals surface area contributed by atoms with Gasteiger partial charge in [-0.2, -0.15) is 8.78 Å². The van der Waals surface area contributed by atoms with Gasteiger partial charge in [-0.05, 0) is 57.0 Å². The second kappa shape index (κ2) is 8.20. The van der Waals surface area contributed by atoms with Crippen molar-refractivity contribution < 1.29 is 48.0 Å². The lowest BCUT2D eigenvalue weighted by molar-refractivity contribution is -0.153. The molecule has 1 saturated carbocycles. The summed E-state index contributed by atoms with van der Waals surface area (Å²) >= 11 is 0. The average Bonchev–Trinajstić information content (AvgIpc) is 2.77. The van der Waals surface area contributed by atoms with Gasteiger partial charge in [0.1, 0.15) is 22.8 Å². The third kappa shape index (κ3) is 3.21. The Kier molecular flexibility index (Phi) is 5.80. The summed E-state index contributed by atoms with van der Waals surface area (Å²) in [6, 6.07) is -0.309. The number of carbonyl (C=O) groups is 3. The van der Waals surface area contributed by atoms with Crippen LogP contribution in [0.2, 0.25) is 0 Å². The second-order valence-corrected chi connectivity index (χ2v) is 9.48. The number of phenolic OH excluding ortho intramolecular Hbond substituents is 1. The SMILES string of the molecule is Cc1cc(C(F)=C(F)F)c2c(c1O)C(O)=C1C(=O)[C@]3(O)C(O)=C(C(N)=O)C(=O)[C@@H](N(C)C)[C@@H]3C[C@@H]1C2. The van der Waals surface area contributed by atoms with Crippen molar-refractivity contribution >= 4 is 29.1 Å².